The molecule has 1 aromatic carbocycles. The lowest BCUT2D eigenvalue weighted by Gasteiger charge is -2.34. The summed E-state index contributed by atoms with van der Waals surface area (Å²) in [6.45, 7) is 6.09. The van der Waals surface area contributed by atoms with E-state index in [2.05, 4.69) is 11.9 Å². The number of para-hydroxylation sites is 1. The van der Waals surface area contributed by atoms with Crippen LogP contribution in [0.2, 0.25) is 0 Å². The van der Waals surface area contributed by atoms with Crippen LogP contribution >= 0.6 is 0 Å². The average Bonchev–Trinajstić information content (AvgIpc) is 2.89. The summed E-state index contributed by atoms with van der Waals surface area (Å²) in [7, 11) is 0. The van der Waals surface area contributed by atoms with Gasteiger partial charge in [-0.3, -0.25) is 14.7 Å². The van der Waals surface area contributed by atoms with Crippen molar-refractivity contribution in [2.24, 2.45) is 5.73 Å². The number of carbonyl (C=O) groups is 2. The molecule has 1 saturated heterocycles. The van der Waals surface area contributed by atoms with Gasteiger partial charge >= 0.3 is 6.09 Å². The Morgan fingerprint density at radius 2 is 1.89 bits per heavy atom. The Balaban J connectivity index is 0.000000162. The number of rotatable bonds is 2. The normalized spacial score (nSPS) is 21.8. The molecule has 1 unspecified atom stereocenters. The number of benzene rings is 1. The van der Waals surface area contributed by atoms with Crippen LogP contribution in [0.15, 0.2) is 36.5 Å². The maximum Gasteiger partial charge on any atom is 0.411 e. The van der Waals surface area contributed by atoms with Gasteiger partial charge in [-0.1, -0.05) is 37.5 Å². The first-order valence-electron chi connectivity index (χ1n) is 9.95. The number of pyridine rings is 1. The predicted molar refractivity (Wildman–Crippen MR) is 109 cm³/mol. The third-order valence-electron chi connectivity index (χ3n) is 5.83. The molecule has 1 aliphatic heterocycles. The first-order valence-corrected chi connectivity index (χ1v) is 9.95. The Kier molecular flexibility index (Phi) is 5.87. The molecule has 150 valence electrons. The van der Waals surface area contributed by atoms with Gasteiger partial charge in [0.2, 0.25) is 5.91 Å². The first kappa shape index (κ1) is 20.1. The Labute approximate surface area is 166 Å². The van der Waals surface area contributed by atoms with Crippen LogP contribution in [0.4, 0.5) is 4.79 Å². The monoisotopic (exact) mass is 383 g/mol. The van der Waals surface area contributed by atoms with E-state index in [0.717, 1.165) is 23.7 Å². The second-order valence-electron chi connectivity index (χ2n) is 8.13. The highest BCUT2D eigenvalue weighted by Gasteiger charge is 2.47. The molecule has 6 nitrogen and oxygen atoms in total. The molecule has 1 saturated carbocycles. The average molecular weight is 383 g/mol. The van der Waals surface area contributed by atoms with E-state index >= 15 is 0 Å². The number of ether oxygens (including phenoxy) is 1. The summed E-state index contributed by atoms with van der Waals surface area (Å²) in [5.41, 5.74) is 6.11. The molecule has 2 aliphatic rings. The molecule has 1 aromatic heterocycles. The molecule has 2 aromatic rings. The van der Waals surface area contributed by atoms with Crippen LogP contribution in [0.25, 0.3) is 10.9 Å². The number of amides is 2. The SMILES string of the molecule is CC1N(C2CCCCC2)C(=O)OC1(C)C.NC(=O)c1cnc2ccccc2c1. The van der Waals surface area contributed by atoms with Crippen LogP contribution in [0.1, 0.15) is 63.2 Å². The number of hydrogen-bond donors (Lipinski definition) is 1. The van der Waals surface area contributed by atoms with Crippen molar-refractivity contribution in [3.63, 3.8) is 0 Å². The second-order valence-corrected chi connectivity index (χ2v) is 8.13. The van der Waals surface area contributed by atoms with Gasteiger partial charge in [0.1, 0.15) is 5.60 Å². The number of primary amides is 1. The van der Waals surface area contributed by atoms with Crippen LogP contribution in [0, 0.1) is 0 Å². The minimum atomic E-state index is -0.446. The largest absolute Gasteiger partial charge is 0.441 e. The third kappa shape index (κ3) is 4.26. The van der Waals surface area contributed by atoms with Crippen LogP contribution in [-0.2, 0) is 4.74 Å². The van der Waals surface area contributed by atoms with E-state index in [0.29, 0.717) is 11.6 Å². The molecule has 28 heavy (non-hydrogen) atoms. The van der Waals surface area contributed by atoms with Crippen molar-refractivity contribution < 1.29 is 14.3 Å². The Hall–Kier alpha value is -2.63. The minimum absolute atomic E-state index is 0.112. The number of fused-ring (bicyclic) bond motifs is 1. The van der Waals surface area contributed by atoms with Crippen molar-refractivity contribution in [3.05, 3.63) is 42.1 Å². The zero-order valence-electron chi connectivity index (χ0n) is 16.9. The summed E-state index contributed by atoms with van der Waals surface area (Å²) in [6, 6.07) is 9.95. The molecular weight excluding hydrogens is 354 g/mol. The quantitative estimate of drug-likeness (QED) is 0.839. The van der Waals surface area contributed by atoms with E-state index in [1.807, 2.05) is 43.0 Å². The van der Waals surface area contributed by atoms with E-state index in [1.165, 1.54) is 25.5 Å². The Bertz CT molecular complexity index is 859. The molecule has 0 radical (unpaired) electrons. The first-order chi connectivity index (χ1) is 13.3. The number of hydrogen-bond acceptors (Lipinski definition) is 4. The molecule has 2 amide bonds. The fourth-order valence-electron chi connectivity index (χ4n) is 3.89. The van der Waals surface area contributed by atoms with E-state index in [-0.39, 0.29) is 17.7 Å². The van der Waals surface area contributed by atoms with Crippen LogP contribution in [0.5, 0.6) is 0 Å². The van der Waals surface area contributed by atoms with Crippen LogP contribution in [-0.4, -0.2) is 39.6 Å². The van der Waals surface area contributed by atoms with E-state index < -0.39 is 5.91 Å². The fraction of sp³-hybridized carbons (Fsp3) is 0.500. The van der Waals surface area contributed by atoms with Gasteiger partial charge in [-0.05, 0) is 45.7 Å². The molecule has 1 atom stereocenters. The van der Waals surface area contributed by atoms with Crippen molar-refractivity contribution >= 4 is 22.9 Å². The van der Waals surface area contributed by atoms with Gasteiger partial charge in [0, 0.05) is 17.6 Å². The zero-order chi connectivity index (χ0) is 20.3. The van der Waals surface area contributed by atoms with Crippen LogP contribution in [0.3, 0.4) is 0 Å². The molecule has 6 heteroatoms. The maximum absolute atomic E-state index is 11.8. The van der Waals surface area contributed by atoms with Crippen molar-refractivity contribution in [2.75, 3.05) is 0 Å². The van der Waals surface area contributed by atoms with Gasteiger partial charge in [-0.15, -0.1) is 0 Å². The van der Waals surface area contributed by atoms with Crippen LogP contribution < -0.4 is 5.73 Å². The summed E-state index contributed by atoms with van der Waals surface area (Å²) < 4.78 is 5.41. The number of aromatic nitrogens is 1. The smallest absolute Gasteiger partial charge is 0.411 e. The predicted octanol–water partition coefficient (Wildman–Crippen LogP) is 4.27. The van der Waals surface area contributed by atoms with E-state index in [4.69, 9.17) is 10.5 Å². The summed E-state index contributed by atoms with van der Waals surface area (Å²) in [5.74, 6) is -0.446. The number of cyclic esters (lactones) is 1. The molecule has 1 aliphatic carbocycles. The second kappa shape index (κ2) is 8.17. The zero-order valence-corrected chi connectivity index (χ0v) is 16.9. The van der Waals surface area contributed by atoms with Gasteiger partial charge in [0.05, 0.1) is 17.1 Å². The van der Waals surface area contributed by atoms with E-state index in [9.17, 15) is 9.59 Å². The Morgan fingerprint density at radius 3 is 2.50 bits per heavy atom. The molecule has 4 rings (SSSR count). The third-order valence-corrected chi connectivity index (χ3v) is 5.83. The molecule has 2 N–H and O–H groups in total. The number of carbonyl (C=O) groups excluding carboxylic acids is 2. The van der Waals surface area contributed by atoms with Crippen molar-refractivity contribution in [1.82, 2.24) is 9.88 Å². The maximum atomic E-state index is 11.8. The van der Waals surface area contributed by atoms with Crippen molar-refractivity contribution in [1.29, 1.82) is 0 Å². The summed E-state index contributed by atoms with van der Waals surface area (Å²) >= 11 is 0. The van der Waals surface area contributed by atoms with Gasteiger partial charge < -0.3 is 10.5 Å². The highest BCUT2D eigenvalue weighted by Crippen LogP contribution is 2.34. The molecular formula is C22H29N3O3. The van der Waals surface area contributed by atoms with Gasteiger partial charge in [-0.25, -0.2) is 4.79 Å². The fourth-order valence-corrected chi connectivity index (χ4v) is 3.89. The summed E-state index contributed by atoms with van der Waals surface area (Å²) in [4.78, 5) is 28.7. The van der Waals surface area contributed by atoms with Gasteiger partial charge in [-0.2, -0.15) is 0 Å². The lowest BCUT2D eigenvalue weighted by molar-refractivity contribution is 0.0711. The highest BCUT2D eigenvalue weighted by atomic mass is 16.6. The standard InChI is InChI=1S/C12H21NO2.C10H8N2O/c1-9-12(2,3)15-11(14)13(9)10-7-5-4-6-8-10;11-10(13)8-5-7-3-1-2-4-9(7)12-6-8/h9-10H,4-8H2,1-3H3;1-6H,(H2,11,13). The van der Waals surface area contributed by atoms with Crippen molar-refractivity contribution in [3.8, 4) is 0 Å². The van der Waals surface area contributed by atoms with E-state index in [1.54, 1.807) is 6.07 Å². The lowest BCUT2D eigenvalue weighted by Crippen LogP contribution is -2.45. The topological polar surface area (TPSA) is 85.5 Å². The molecule has 2 heterocycles. The molecule has 0 spiro atoms. The molecule has 2 fully saturated rings. The summed E-state index contributed by atoms with van der Waals surface area (Å²) in [5, 5.41) is 0.929. The van der Waals surface area contributed by atoms with Gasteiger partial charge in [0.15, 0.2) is 0 Å². The van der Waals surface area contributed by atoms with Gasteiger partial charge in [0.25, 0.3) is 0 Å². The number of nitrogens with zero attached hydrogens (tertiary/aromatic N) is 2. The Morgan fingerprint density at radius 1 is 1.21 bits per heavy atom. The minimum Gasteiger partial charge on any atom is -0.441 e. The lowest BCUT2D eigenvalue weighted by atomic mass is 9.91. The highest BCUT2D eigenvalue weighted by molar-refractivity contribution is 5.96. The molecule has 0 bridgehead atoms. The van der Waals surface area contributed by atoms with Crippen molar-refractivity contribution in [2.45, 2.75) is 70.6 Å². The summed E-state index contributed by atoms with van der Waals surface area (Å²) in [6.07, 6.45) is 7.50. The number of nitrogens with two attached hydrogens (primary N) is 1.